The summed E-state index contributed by atoms with van der Waals surface area (Å²) in [6.45, 7) is 13.0. The second kappa shape index (κ2) is 42.3. The second-order valence-electron chi connectivity index (χ2n) is 15.9. The zero-order valence-corrected chi connectivity index (χ0v) is 36.3. The average Bonchev–Trinajstić information content (AvgIpc) is 3.15. The van der Waals surface area contributed by atoms with Crippen LogP contribution < -0.4 is 5.32 Å². The number of nitrogens with zero attached hydrogens (tertiary/aromatic N) is 1. The smallest absolute Gasteiger partial charge is 0.462 e. The molecule has 0 aliphatic rings. The molecule has 0 heterocycles. The van der Waals surface area contributed by atoms with Crippen LogP contribution in [0.5, 0.6) is 0 Å². The highest BCUT2D eigenvalue weighted by atomic mass is 16.7. The van der Waals surface area contributed by atoms with Crippen molar-refractivity contribution in [2.24, 2.45) is 0 Å². The monoisotopic (exact) mass is 767 g/mol. The Bertz CT molecular complexity index is 809. The molecule has 0 aliphatic carbocycles. The van der Waals surface area contributed by atoms with E-state index in [1.165, 1.54) is 116 Å². The minimum atomic E-state index is -0.530. The molecule has 1 amide bonds. The fourth-order valence-electron chi connectivity index (χ4n) is 7.05. The summed E-state index contributed by atoms with van der Waals surface area (Å²) in [6.07, 6.45) is 36.4. The molecule has 0 unspecified atom stereocenters. The van der Waals surface area contributed by atoms with Gasteiger partial charge in [0.15, 0.2) is 0 Å². The lowest BCUT2D eigenvalue weighted by Crippen LogP contribution is -2.30. The third kappa shape index (κ3) is 39.9. The maximum atomic E-state index is 12.8. The average molecular weight is 767 g/mol. The SMILES string of the molecule is CCCCCCCCCOC(=O)OCCCCCCN(CCCCCCCC(=O)OC(CCCCCCCC)CCCCCCCC)CCCNC(C)=O. The van der Waals surface area contributed by atoms with E-state index in [4.69, 9.17) is 14.2 Å². The second-order valence-corrected chi connectivity index (χ2v) is 15.9. The Morgan fingerprint density at radius 3 is 1.33 bits per heavy atom. The first-order valence-electron chi connectivity index (χ1n) is 23.4. The summed E-state index contributed by atoms with van der Waals surface area (Å²) in [5.74, 6) is 0.0353. The molecular weight excluding hydrogens is 677 g/mol. The van der Waals surface area contributed by atoms with Gasteiger partial charge in [0.25, 0.3) is 0 Å². The van der Waals surface area contributed by atoms with Crippen LogP contribution in [-0.4, -0.2) is 68.4 Å². The molecule has 54 heavy (non-hydrogen) atoms. The van der Waals surface area contributed by atoms with Crippen LogP contribution in [0.4, 0.5) is 4.79 Å². The van der Waals surface area contributed by atoms with E-state index in [1.54, 1.807) is 6.92 Å². The van der Waals surface area contributed by atoms with E-state index >= 15 is 0 Å². The summed E-state index contributed by atoms with van der Waals surface area (Å²) < 4.78 is 16.5. The van der Waals surface area contributed by atoms with Crippen LogP contribution in [0.3, 0.4) is 0 Å². The lowest BCUT2D eigenvalue weighted by molar-refractivity contribution is -0.150. The molecule has 1 N–H and O–H groups in total. The van der Waals surface area contributed by atoms with Crippen LogP contribution >= 0.6 is 0 Å². The van der Waals surface area contributed by atoms with E-state index in [2.05, 4.69) is 31.0 Å². The molecular formula is C46H90N2O6. The summed E-state index contributed by atoms with van der Waals surface area (Å²) >= 11 is 0. The quantitative estimate of drug-likeness (QED) is 0.0488. The maximum absolute atomic E-state index is 12.8. The molecule has 0 spiro atoms. The third-order valence-corrected chi connectivity index (χ3v) is 10.5. The molecule has 0 bridgehead atoms. The summed E-state index contributed by atoms with van der Waals surface area (Å²) in [4.78, 5) is 38.5. The van der Waals surface area contributed by atoms with E-state index in [0.29, 0.717) is 26.2 Å². The van der Waals surface area contributed by atoms with Gasteiger partial charge in [-0.2, -0.15) is 0 Å². The van der Waals surface area contributed by atoms with E-state index in [-0.39, 0.29) is 18.0 Å². The zero-order chi connectivity index (χ0) is 39.6. The summed E-state index contributed by atoms with van der Waals surface area (Å²) in [6, 6.07) is 0. The number of hydrogen-bond donors (Lipinski definition) is 1. The van der Waals surface area contributed by atoms with Gasteiger partial charge < -0.3 is 24.4 Å². The molecule has 0 saturated carbocycles. The molecule has 0 saturated heterocycles. The third-order valence-electron chi connectivity index (χ3n) is 10.5. The lowest BCUT2D eigenvalue weighted by Gasteiger charge is -2.22. The molecule has 8 nitrogen and oxygen atoms in total. The number of rotatable bonds is 42. The van der Waals surface area contributed by atoms with Crippen molar-refractivity contribution in [3.8, 4) is 0 Å². The first kappa shape index (κ1) is 52.2. The van der Waals surface area contributed by atoms with Crippen LogP contribution in [-0.2, 0) is 23.8 Å². The van der Waals surface area contributed by atoms with Gasteiger partial charge in [0.2, 0.25) is 5.91 Å². The number of esters is 1. The Hall–Kier alpha value is -1.83. The van der Waals surface area contributed by atoms with Gasteiger partial charge >= 0.3 is 12.1 Å². The number of nitrogens with one attached hydrogen (secondary N) is 1. The lowest BCUT2D eigenvalue weighted by atomic mass is 10.0. The largest absolute Gasteiger partial charge is 0.508 e. The molecule has 0 rings (SSSR count). The molecule has 0 fully saturated rings. The highest BCUT2D eigenvalue weighted by Gasteiger charge is 2.14. The van der Waals surface area contributed by atoms with Gasteiger partial charge in [0.05, 0.1) is 13.2 Å². The Labute approximate surface area is 334 Å². The van der Waals surface area contributed by atoms with Crippen LogP contribution in [0, 0.1) is 0 Å². The Kier molecular flexibility index (Phi) is 40.9. The van der Waals surface area contributed by atoms with Crippen LogP contribution in [0.25, 0.3) is 0 Å². The number of amides is 1. The van der Waals surface area contributed by atoms with E-state index < -0.39 is 6.16 Å². The van der Waals surface area contributed by atoms with Gasteiger partial charge in [-0.25, -0.2) is 4.79 Å². The van der Waals surface area contributed by atoms with E-state index in [0.717, 1.165) is 103 Å². The first-order valence-corrected chi connectivity index (χ1v) is 23.4. The number of carbonyl (C=O) groups is 3. The standard InChI is InChI=1S/C46H90N2O6/c1-5-8-11-14-17-24-31-41-52-46(51)53-42-32-25-23-30-39-48(40-33-37-47-43(4)49)38-29-22-18-21-28-36-45(50)54-44(34-26-19-15-12-9-6-2)35-27-20-16-13-10-7-3/h44H,5-42H2,1-4H3,(H,47,49). The highest BCUT2D eigenvalue weighted by Crippen LogP contribution is 2.18. The Balaban J connectivity index is 4.23. The van der Waals surface area contributed by atoms with Crippen molar-refractivity contribution in [3.63, 3.8) is 0 Å². The fraction of sp³-hybridized carbons (Fsp3) is 0.935. The predicted molar refractivity (Wildman–Crippen MR) is 227 cm³/mol. The zero-order valence-electron chi connectivity index (χ0n) is 36.3. The normalized spacial score (nSPS) is 11.4. The van der Waals surface area contributed by atoms with Gasteiger partial charge in [-0.1, -0.05) is 156 Å². The van der Waals surface area contributed by atoms with Crippen molar-refractivity contribution in [3.05, 3.63) is 0 Å². The van der Waals surface area contributed by atoms with Crippen molar-refractivity contribution < 1.29 is 28.6 Å². The molecule has 0 atom stereocenters. The molecule has 0 aromatic heterocycles. The first-order chi connectivity index (χ1) is 26.4. The Morgan fingerprint density at radius 2 is 0.870 bits per heavy atom. The molecule has 8 heteroatoms. The minimum Gasteiger partial charge on any atom is -0.462 e. The molecule has 0 aliphatic heterocycles. The minimum absolute atomic E-state index is 0.00705. The molecule has 0 radical (unpaired) electrons. The summed E-state index contributed by atoms with van der Waals surface area (Å²) in [5, 5.41) is 2.92. The van der Waals surface area contributed by atoms with Crippen LogP contribution in [0.15, 0.2) is 0 Å². The fourth-order valence-corrected chi connectivity index (χ4v) is 7.05. The van der Waals surface area contributed by atoms with Crippen molar-refractivity contribution in [1.82, 2.24) is 10.2 Å². The summed E-state index contributed by atoms with van der Waals surface area (Å²) in [7, 11) is 0. The Morgan fingerprint density at radius 1 is 0.481 bits per heavy atom. The molecule has 320 valence electrons. The van der Waals surface area contributed by atoms with Crippen molar-refractivity contribution in [1.29, 1.82) is 0 Å². The number of hydrogen-bond acceptors (Lipinski definition) is 7. The number of ether oxygens (including phenoxy) is 3. The van der Waals surface area contributed by atoms with Gasteiger partial charge in [0.1, 0.15) is 6.10 Å². The van der Waals surface area contributed by atoms with Crippen LogP contribution in [0.1, 0.15) is 233 Å². The van der Waals surface area contributed by atoms with Crippen molar-refractivity contribution >= 4 is 18.0 Å². The van der Waals surface area contributed by atoms with Crippen molar-refractivity contribution in [2.75, 3.05) is 39.4 Å². The van der Waals surface area contributed by atoms with Crippen molar-refractivity contribution in [2.45, 2.75) is 239 Å². The number of carbonyl (C=O) groups excluding carboxylic acids is 3. The highest BCUT2D eigenvalue weighted by molar-refractivity contribution is 5.72. The van der Waals surface area contributed by atoms with Crippen LogP contribution in [0.2, 0.25) is 0 Å². The van der Waals surface area contributed by atoms with Gasteiger partial charge in [-0.15, -0.1) is 0 Å². The molecule has 0 aromatic rings. The number of unbranched alkanes of at least 4 members (excludes halogenated alkanes) is 23. The summed E-state index contributed by atoms with van der Waals surface area (Å²) in [5.41, 5.74) is 0. The predicted octanol–water partition coefficient (Wildman–Crippen LogP) is 13.0. The maximum Gasteiger partial charge on any atom is 0.508 e. The van der Waals surface area contributed by atoms with Gasteiger partial charge in [-0.05, 0) is 83.8 Å². The topological polar surface area (TPSA) is 94.2 Å². The van der Waals surface area contributed by atoms with E-state index in [1.807, 2.05) is 0 Å². The van der Waals surface area contributed by atoms with E-state index in [9.17, 15) is 14.4 Å². The van der Waals surface area contributed by atoms with Gasteiger partial charge in [0, 0.05) is 19.9 Å². The van der Waals surface area contributed by atoms with Gasteiger partial charge in [-0.3, -0.25) is 9.59 Å². The molecule has 0 aromatic carbocycles.